The monoisotopic (exact) mass is 240 g/mol. The lowest BCUT2D eigenvalue weighted by molar-refractivity contribution is 0.466. The van der Waals surface area contributed by atoms with Crippen LogP contribution in [-0.2, 0) is 0 Å². The fourth-order valence-electron chi connectivity index (χ4n) is 1.52. The molecule has 13 heavy (non-hydrogen) atoms. The first-order valence-corrected chi connectivity index (χ1v) is 4.94. The molecule has 1 aromatic heterocycles. The molecule has 0 radical (unpaired) electrons. The van der Waals surface area contributed by atoms with Gasteiger partial charge in [0.2, 0.25) is 0 Å². The molecule has 1 fully saturated rings. The van der Waals surface area contributed by atoms with E-state index in [0.717, 1.165) is 12.5 Å². The van der Waals surface area contributed by atoms with E-state index in [1.165, 1.54) is 24.3 Å². The molecule has 5 heteroatoms. The van der Waals surface area contributed by atoms with Crippen LogP contribution >= 0.6 is 36.2 Å². The number of rotatable bonds is 1. The third-order valence-electron chi connectivity index (χ3n) is 2.15. The molecule has 76 valence electrons. The summed E-state index contributed by atoms with van der Waals surface area (Å²) in [6, 6.07) is 0. The molecule has 1 aliphatic rings. The van der Waals surface area contributed by atoms with Gasteiger partial charge in [0.1, 0.15) is 0 Å². The van der Waals surface area contributed by atoms with Crippen LogP contribution in [0, 0.1) is 0 Å². The molecule has 2 rings (SSSR count). The van der Waals surface area contributed by atoms with Crippen molar-refractivity contribution in [2.45, 2.75) is 18.8 Å². The van der Waals surface area contributed by atoms with Crippen LogP contribution in [0.4, 0.5) is 0 Å². The van der Waals surface area contributed by atoms with Crippen LogP contribution in [0.1, 0.15) is 23.6 Å². The topological polar surface area (TPSA) is 24.9 Å². The van der Waals surface area contributed by atoms with Gasteiger partial charge in [-0.05, 0) is 19.4 Å². The van der Waals surface area contributed by atoms with E-state index in [1.807, 2.05) is 11.7 Å². The van der Waals surface area contributed by atoms with Gasteiger partial charge in [-0.15, -0.1) is 36.2 Å². The summed E-state index contributed by atoms with van der Waals surface area (Å²) in [7, 11) is 0. The van der Waals surface area contributed by atoms with E-state index in [-0.39, 0.29) is 24.8 Å². The number of aromatic nitrogens is 1. The van der Waals surface area contributed by atoms with E-state index < -0.39 is 0 Å². The molecule has 1 N–H and O–H groups in total. The molecule has 2 nitrogen and oxygen atoms in total. The van der Waals surface area contributed by atoms with Crippen molar-refractivity contribution >= 4 is 36.2 Å². The second kappa shape index (κ2) is 6.60. The minimum absolute atomic E-state index is 0. The average Bonchev–Trinajstić information content (AvgIpc) is 2.58. The number of nitrogens with one attached hydrogen (secondary N) is 1. The SMILES string of the molecule is Cl.Cl.c1ncc(C2CCCNC2)s1. The van der Waals surface area contributed by atoms with Gasteiger partial charge < -0.3 is 5.32 Å². The fraction of sp³-hybridized carbons (Fsp3) is 0.625. The molecule has 0 spiro atoms. The maximum absolute atomic E-state index is 4.09. The van der Waals surface area contributed by atoms with E-state index in [4.69, 9.17) is 0 Å². The van der Waals surface area contributed by atoms with Crippen LogP contribution in [0.3, 0.4) is 0 Å². The summed E-state index contributed by atoms with van der Waals surface area (Å²) < 4.78 is 0. The van der Waals surface area contributed by atoms with Gasteiger partial charge >= 0.3 is 0 Å². The normalized spacial score (nSPS) is 21.4. The van der Waals surface area contributed by atoms with Crippen LogP contribution in [-0.4, -0.2) is 18.1 Å². The zero-order chi connectivity index (χ0) is 7.52. The van der Waals surface area contributed by atoms with Gasteiger partial charge in [-0.25, -0.2) is 0 Å². The van der Waals surface area contributed by atoms with Gasteiger partial charge in [0, 0.05) is 23.5 Å². The molecule has 0 aromatic carbocycles. The van der Waals surface area contributed by atoms with Gasteiger partial charge in [0.15, 0.2) is 0 Å². The molecule has 1 unspecified atom stereocenters. The highest BCUT2D eigenvalue weighted by Gasteiger charge is 2.15. The van der Waals surface area contributed by atoms with Gasteiger partial charge in [-0.3, -0.25) is 4.98 Å². The Morgan fingerprint density at radius 3 is 2.85 bits per heavy atom. The lowest BCUT2D eigenvalue weighted by Gasteiger charge is -2.20. The van der Waals surface area contributed by atoms with Gasteiger partial charge in [0.05, 0.1) is 5.51 Å². The minimum atomic E-state index is 0. The number of hydrogen-bond donors (Lipinski definition) is 1. The van der Waals surface area contributed by atoms with E-state index >= 15 is 0 Å². The summed E-state index contributed by atoms with van der Waals surface area (Å²) in [6.45, 7) is 2.33. The number of nitrogens with zero attached hydrogens (tertiary/aromatic N) is 1. The van der Waals surface area contributed by atoms with Crippen molar-refractivity contribution in [2.75, 3.05) is 13.1 Å². The zero-order valence-corrected chi connectivity index (χ0v) is 9.68. The Kier molecular flexibility index (Phi) is 6.68. The molecule has 1 aromatic rings. The Morgan fingerprint density at radius 2 is 2.31 bits per heavy atom. The zero-order valence-electron chi connectivity index (χ0n) is 7.23. The van der Waals surface area contributed by atoms with Crippen molar-refractivity contribution in [1.29, 1.82) is 0 Å². The molecule has 1 aliphatic heterocycles. The van der Waals surface area contributed by atoms with Crippen molar-refractivity contribution in [3.63, 3.8) is 0 Å². The standard InChI is InChI=1S/C8H12N2S.2ClH/c1-2-7(4-9-3-1)8-5-10-6-11-8;;/h5-7,9H,1-4H2;2*1H. The highest BCUT2D eigenvalue weighted by Crippen LogP contribution is 2.25. The number of thiazole rings is 1. The average molecular weight is 241 g/mol. The lowest BCUT2D eigenvalue weighted by Crippen LogP contribution is -2.27. The number of piperidine rings is 1. The summed E-state index contributed by atoms with van der Waals surface area (Å²) >= 11 is 1.78. The minimum Gasteiger partial charge on any atom is -0.316 e. The van der Waals surface area contributed by atoms with Crippen LogP contribution in [0.2, 0.25) is 0 Å². The molecule has 0 amide bonds. The van der Waals surface area contributed by atoms with Crippen LogP contribution in [0.5, 0.6) is 0 Å². The van der Waals surface area contributed by atoms with Crippen molar-refractivity contribution in [3.8, 4) is 0 Å². The molecule has 0 aliphatic carbocycles. The first kappa shape index (κ1) is 13.2. The first-order chi connectivity index (χ1) is 5.47. The number of hydrogen-bond acceptors (Lipinski definition) is 3. The van der Waals surface area contributed by atoms with Gasteiger partial charge in [-0.1, -0.05) is 0 Å². The van der Waals surface area contributed by atoms with Crippen molar-refractivity contribution in [1.82, 2.24) is 10.3 Å². The second-order valence-electron chi connectivity index (χ2n) is 2.95. The summed E-state index contributed by atoms with van der Waals surface area (Å²) in [5, 5.41) is 3.40. The third-order valence-corrected chi connectivity index (χ3v) is 3.09. The Hall–Kier alpha value is 0.170. The highest BCUT2D eigenvalue weighted by atomic mass is 35.5. The maximum atomic E-state index is 4.09. The Bertz CT molecular complexity index is 210. The summed E-state index contributed by atoms with van der Waals surface area (Å²) in [4.78, 5) is 5.53. The summed E-state index contributed by atoms with van der Waals surface area (Å²) in [5.41, 5.74) is 1.92. The van der Waals surface area contributed by atoms with Gasteiger partial charge in [-0.2, -0.15) is 0 Å². The largest absolute Gasteiger partial charge is 0.316 e. The molecule has 0 bridgehead atoms. The molecular formula is C8H14Cl2N2S. The fourth-order valence-corrected chi connectivity index (χ4v) is 2.28. The van der Waals surface area contributed by atoms with Crippen molar-refractivity contribution in [2.24, 2.45) is 0 Å². The Morgan fingerprint density at radius 1 is 1.46 bits per heavy atom. The molecular weight excluding hydrogens is 227 g/mol. The Labute approximate surface area is 95.0 Å². The van der Waals surface area contributed by atoms with Crippen LogP contribution in [0.15, 0.2) is 11.7 Å². The molecule has 1 atom stereocenters. The van der Waals surface area contributed by atoms with E-state index in [9.17, 15) is 0 Å². The van der Waals surface area contributed by atoms with E-state index in [2.05, 4.69) is 10.3 Å². The smallest absolute Gasteiger partial charge is 0.0794 e. The second-order valence-corrected chi connectivity index (χ2v) is 3.87. The maximum Gasteiger partial charge on any atom is 0.0794 e. The van der Waals surface area contributed by atoms with Crippen molar-refractivity contribution in [3.05, 3.63) is 16.6 Å². The van der Waals surface area contributed by atoms with Crippen LogP contribution in [0.25, 0.3) is 0 Å². The summed E-state index contributed by atoms with van der Waals surface area (Å²) in [6.07, 6.45) is 4.64. The lowest BCUT2D eigenvalue weighted by atomic mass is 9.99. The van der Waals surface area contributed by atoms with E-state index in [0.29, 0.717) is 0 Å². The Balaban J connectivity index is 0.000000720. The predicted molar refractivity (Wildman–Crippen MR) is 61.5 cm³/mol. The first-order valence-electron chi connectivity index (χ1n) is 4.06. The summed E-state index contributed by atoms with van der Waals surface area (Å²) in [5.74, 6) is 0.733. The molecule has 0 saturated carbocycles. The quantitative estimate of drug-likeness (QED) is 0.816. The van der Waals surface area contributed by atoms with Crippen molar-refractivity contribution < 1.29 is 0 Å². The predicted octanol–water partition coefficient (Wildman–Crippen LogP) is 2.45. The number of halogens is 2. The third kappa shape index (κ3) is 3.43. The van der Waals surface area contributed by atoms with Gasteiger partial charge in [0.25, 0.3) is 0 Å². The highest BCUT2D eigenvalue weighted by molar-refractivity contribution is 7.09. The molecule has 2 heterocycles. The van der Waals surface area contributed by atoms with Crippen LogP contribution < -0.4 is 5.32 Å². The molecule has 1 saturated heterocycles. The van der Waals surface area contributed by atoms with E-state index in [1.54, 1.807) is 11.3 Å².